The lowest BCUT2D eigenvalue weighted by Gasteiger charge is -2.36. The van der Waals surface area contributed by atoms with E-state index < -0.39 is 17.8 Å². The zero-order chi connectivity index (χ0) is 18.6. The summed E-state index contributed by atoms with van der Waals surface area (Å²) >= 11 is 0. The lowest BCUT2D eigenvalue weighted by Crippen LogP contribution is -2.48. The molecule has 2 saturated heterocycles. The third-order valence-electron chi connectivity index (χ3n) is 5.51. The van der Waals surface area contributed by atoms with Crippen LogP contribution in [0.25, 0.3) is 5.65 Å². The second-order valence-electron chi connectivity index (χ2n) is 7.27. The van der Waals surface area contributed by atoms with Crippen LogP contribution in [-0.4, -0.2) is 50.6 Å². The van der Waals surface area contributed by atoms with E-state index in [0.717, 1.165) is 31.7 Å². The van der Waals surface area contributed by atoms with Gasteiger partial charge in [0.1, 0.15) is 5.69 Å². The molecule has 1 amide bonds. The number of fused-ring (bicyclic) bond motifs is 3. The molecule has 26 heavy (non-hydrogen) atoms. The zero-order valence-corrected chi connectivity index (χ0v) is 14.5. The number of amides is 1. The third kappa shape index (κ3) is 2.94. The van der Waals surface area contributed by atoms with Crippen molar-refractivity contribution in [2.24, 2.45) is 0 Å². The number of aryl methyl sites for hydroxylation is 1. The number of hydrogen-bond donors (Lipinski definition) is 1. The predicted octanol–water partition coefficient (Wildman–Crippen LogP) is 2.41. The molecule has 0 aliphatic carbocycles. The van der Waals surface area contributed by atoms with E-state index in [4.69, 9.17) is 0 Å². The van der Waals surface area contributed by atoms with Crippen LogP contribution in [0.1, 0.15) is 47.6 Å². The van der Waals surface area contributed by atoms with Crippen LogP contribution in [-0.2, 0) is 6.18 Å². The highest BCUT2D eigenvalue weighted by molar-refractivity contribution is 5.93. The Kier molecular flexibility index (Phi) is 3.94. The largest absolute Gasteiger partial charge is 0.433 e. The van der Waals surface area contributed by atoms with Crippen LogP contribution in [0.3, 0.4) is 0 Å². The van der Waals surface area contributed by atoms with Crippen molar-refractivity contribution >= 4 is 11.6 Å². The summed E-state index contributed by atoms with van der Waals surface area (Å²) in [5, 5.41) is 6.81. The maximum Gasteiger partial charge on any atom is 0.433 e. The Bertz CT molecular complexity index is 848. The molecule has 1 N–H and O–H groups in total. The van der Waals surface area contributed by atoms with Gasteiger partial charge in [0.15, 0.2) is 11.3 Å². The van der Waals surface area contributed by atoms with Crippen LogP contribution in [0.5, 0.6) is 0 Å². The van der Waals surface area contributed by atoms with Crippen LogP contribution in [0.4, 0.5) is 13.2 Å². The molecule has 2 fully saturated rings. The van der Waals surface area contributed by atoms with Crippen molar-refractivity contribution in [3.8, 4) is 0 Å². The Morgan fingerprint density at radius 3 is 2.50 bits per heavy atom. The maximum absolute atomic E-state index is 13.2. The standard InChI is InChI=1S/C17H20F3N5O/c1-9-5-14(17(18,19)20)25-15(21-9)8-13(23-25)16(26)22-10-6-11-3-4-12(7-10)24(11)2/h5,8,10-12H,3-4,6-7H2,1-2H3,(H,22,26). The van der Waals surface area contributed by atoms with E-state index in [1.54, 1.807) is 0 Å². The molecule has 2 aromatic heterocycles. The molecule has 0 aromatic carbocycles. The van der Waals surface area contributed by atoms with Crippen LogP contribution >= 0.6 is 0 Å². The van der Waals surface area contributed by atoms with Gasteiger partial charge in [-0.2, -0.15) is 18.3 Å². The minimum absolute atomic E-state index is 0.0194. The summed E-state index contributed by atoms with van der Waals surface area (Å²) in [6, 6.07) is 3.18. The molecule has 140 valence electrons. The number of carbonyl (C=O) groups is 1. The zero-order valence-electron chi connectivity index (χ0n) is 14.5. The number of nitrogens with one attached hydrogen (secondary N) is 1. The van der Waals surface area contributed by atoms with E-state index in [9.17, 15) is 18.0 Å². The molecule has 2 aromatic rings. The van der Waals surface area contributed by atoms with Crippen molar-refractivity contribution in [1.29, 1.82) is 0 Å². The summed E-state index contributed by atoms with van der Waals surface area (Å²) in [5.41, 5.74) is -0.731. The molecule has 0 spiro atoms. The molecule has 0 radical (unpaired) electrons. The smallest absolute Gasteiger partial charge is 0.348 e. The number of carbonyl (C=O) groups excluding carboxylic acids is 1. The number of halogens is 3. The van der Waals surface area contributed by atoms with Crippen molar-refractivity contribution in [2.45, 2.75) is 56.9 Å². The fourth-order valence-corrected chi connectivity index (χ4v) is 4.20. The van der Waals surface area contributed by atoms with Crippen molar-refractivity contribution in [3.05, 3.63) is 29.2 Å². The maximum atomic E-state index is 13.2. The first-order valence-electron chi connectivity index (χ1n) is 8.70. The molecule has 0 saturated carbocycles. The van der Waals surface area contributed by atoms with Gasteiger partial charge >= 0.3 is 6.18 Å². The molecule has 2 aliphatic rings. The monoisotopic (exact) mass is 367 g/mol. The summed E-state index contributed by atoms with van der Waals surface area (Å²) < 4.78 is 40.3. The molecule has 2 aliphatic heterocycles. The minimum atomic E-state index is -4.57. The SMILES string of the molecule is Cc1cc(C(F)(F)F)n2nc(C(=O)NC3CC4CCC(C3)N4C)cc2n1. The van der Waals surface area contributed by atoms with Gasteiger partial charge < -0.3 is 10.2 Å². The van der Waals surface area contributed by atoms with Crippen molar-refractivity contribution in [1.82, 2.24) is 24.8 Å². The van der Waals surface area contributed by atoms with E-state index in [1.807, 2.05) is 0 Å². The summed E-state index contributed by atoms with van der Waals surface area (Å²) in [6.45, 7) is 1.48. The molecule has 4 heterocycles. The van der Waals surface area contributed by atoms with Gasteiger partial charge in [0.2, 0.25) is 0 Å². The van der Waals surface area contributed by atoms with E-state index in [0.29, 0.717) is 16.6 Å². The fourth-order valence-electron chi connectivity index (χ4n) is 4.20. The van der Waals surface area contributed by atoms with E-state index >= 15 is 0 Å². The van der Waals surface area contributed by atoms with Crippen molar-refractivity contribution < 1.29 is 18.0 Å². The number of hydrogen-bond acceptors (Lipinski definition) is 4. The van der Waals surface area contributed by atoms with E-state index in [-0.39, 0.29) is 23.1 Å². The van der Waals surface area contributed by atoms with Crippen LogP contribution < -0.4 is 5.32 Å². The quantitative estimate of drug-likeness (QED) is 0.886. The Hall–Kier alpha value is -2.16. The number of nitrogens with zero attached hydrogens (tertiary/aromatic N) is 4. The Morgan fingerprint density at radius 1 is 1.23 bits per heavy atom. The highest BCUT2D eigenvalue weighted by atomic mass is 19.4. The Labute approximate surface area is 148 Å². The Morgan fingerprint density at radius 2 is 1.88 bits per heavy atom. The average molecular weight is 367 g/mol. The second kappa shape index (κ2) is 5.94. The normalized spacial score (nSPS) is 26.4. The lowest BCUT2D eigenvalue weighted by molar-refractivity contribution is -0.142. The molecule has 2 bridgehead atoms. The summed E-state index contributed by atoms with van der Waals surface area (Å²) in [6.07, 6.45) is -0.604. The first-order valence-corrected chi connectivity index (χ1v) is 8.70. The number of piperidine rings is 1. The molecule has 9 heteroatoms. The first kappa shape index (κ1) is 17.3. The highest BCUT2D eigenvalue weighted by Crippen LogP contribution is 2.34. The van der Waals surface area contributed by atoms with Crippen LogP contribution in [0.2, 0.25) is 0 Å². The number of rotatable bonds is 2. The fraction of sp³-hybridized carbons (Fsp3) is 0.588. The van der Waals surface area contributed by atoms with Crippen LogP contribution in [0.15, 0.2) is 12.1 Å². The molecule has 6 nitrogen and oxygen atoms in total. The third-order valence-corrected chi connectivity index (χ3v) is 5.51. The highest BCUT2D eigenvalue weighted by Gasteiger charge is 2.39. The molecular formula is C17H20F3N5O. The summed E-state index contributed by atoms with van der Waals surface area (Å²) in [7, 11) is 2.11. The van der Waals surface area contributed by atoms with Gasteiger partial charge in [0.05, 0.1) is 0 Å². The Balaban J connectivity index is 1.58. The second-order valence-corrected chi connectivity index (χ2v) is 7.27. The number of alkyl halides is 3. The van der Waals surface area contributed by atoms with Crippen molar-refractivity contribution in [2.75, 3.05) is 7.05 Å². The molecule has 2 atom stereocenters. The number of aromatic nitrogens is 3. The summed E-state index contributed by atoms with van der Waals surface area (Å²) in [4.78, 5) is 18.9. The van der Waals surface area contributed by atoms with Gasteiger partial charge in [-0.25, -0.2) is 9.50 Å². The summed E-state index contributed by atoms with van der Waals surface area (Å²) in [5.74, 6) is -0.449. The molecule has 2 unspecified atom stereocenters. The topological polar surface area (TPSA) is 62.5 Å². The van der Waals surface area contributed by atoms with Crippen molar-refractivity contribution in [3.63, 3.8) is 0 Å². The van der Waals surface area contributed by atoms with Gasteiger partial charge in [0.25, 0.3) is 5.91 Å². The lowest BCUT2D eigenvalue weighted by atomic mass is 9.98. The van der Waals surface area contributed by atoms with E-state index in [2.05, 4.69) is 27.3 Å². The average Bonchev–Trinajstić information content (AvgIpc) is 3.03. The molecule has 4 rings (SSSR count). The van der Waals surface area contributed by atoms with Gasteiger partial charge in [-0.05, 0) is 45.7 Å². The van der Waals surface area contributed by atoms with Gasteiger partial charge in [-0.1, -0.05) is 0 Å². The van der Waals surface area contributed by atoms with Gasteiger partial charge in [0, 0.05) is 29.9 Å². The minimum Gasteiger partial charge on any atom is -0.348 e. The molecular weight excluding hydrogens is 347 g/mol. The van der Waals surface area contributed by atoms with E-state index in [1.165, 1.54) is 13.0 Å². The van der Waals surface area contributed by atoms with Gasteiger partial charge in [-0.15, -0.1) is 0 Å². The predicted molar refractivity (Wildman–Crippen MR) is 87.8 cm³/mol. The first-order chi connectivity index (χ1) is 12.2. The van der Waals surface area contributed by atoms with Gasteiger partial charge in [-0.3, -0.25) is 4.79 Å². The van der Waals surface area contributed by atoms with Crippen LogP contribution in [0, 0.1) is 6.92 Å².